The van der Waals surface area contributed by atoms with Crippen LogP contribution in [0.1, 0.15) is 5.69 Å². The van der Waals surface area contributed by atoms with Crippen molar-refractivity contribution >= 4 is 13.3 Å². The lowest BCUT2D eigenvalue weighted by atomic mass is 9.99. The fourth-order valence-electron chi connectivity index (χ4n) is 0.534. The molecule has 0 atom stereocenters. The highest BCUT2D eigenvalue weighted by atomic mass is 14.7. The topological polar surface area (TPSA) is 36.7 Å². The molecule has 1 rings (SSSR count). The van der Waals surface area contributed by atoms with Gasteiger partial charge in [-0.15, -0.1) is 0 Å². The van der Waals surface area contributed by atoms with Gasteiger partial charge in [0, 0.05) is 6.20 Å². The van der Waals surface area contributed by atoms with Gasteiger partial charge in [-0.1, -0.05) is 11.5 Å². The second-order valence-electron chi connectivity index (χ2n) is 1.83. The van der Waals surface area contributed by atoms with Crippen molar-refractivity contribution in [1.82, 2.24) is 4.98 Å². The highest BCUT2D eigenvalue weighted by Crippen LogP contribution is 1.84. The van der Waals surface area contributed by atoms with E-state index < -0.39 is 0 Å². The predicted octanol–water partition coefficient (Wildman–Crippen LogP) is -0.788. The van der Waals surface area contributed by atoms with E-state index in [4.69, 9.17) is 5.26 Å². The van der Waals surface area contributed by atoms with Gasteiger partial charge in [0.05, 0.1) is 0 Å². The predicted molar refractivity (Wildman–Crippen MR) is 37.1 cm³/mol. The Bertz CT molecular complexity index is 234. The van der Waals surface area contributed by atoms with Gasteiger partial charge in [-0.05, 0) is 6.07 Å². The minimum atomic E-state index is 0.473. The Morgan fingerprint density at radius 2 is 2.33 bits per heavy atom. The first kappa shape index (κ1) is 5.83. The maximum atomic E-state index is 8.32. The minimum absolute atomic E-state index is 0.473. The smallest absolute Gasteiger partial charge is 0.141 e. The molecule has 0 spiro atoms. The number of hydrogen-bond acceptors (Lipinski definition) is 2. The second kappa shape index (κ2) is 2.32. The average molecular weight is 116 g/mol. The van der Waals surface area contributed by atoms with E-state index >= 15 is 0 Å². The molecule has 2 nitrogen and oxygen atoms in total. The molecule has 42 valence electrons. The molecule has 1 aromatic rings. The Hall–Kier alpha value is -1.30. The summed E-state index contributed by atoms with van der Waals surface area (Å²) in [5, 5.41) is 8.32. The van der Waals surface area contributed by atoms with Crippen LogP contribution in [0.15, 0.2) is 18.3 Å². The molecule has 9 heavy (non-hydrogen) atoms. The zero-order chi connectivity index (χ0) is 6.69. The molecule has 0 aliphatic rings. The van der Waals surface area contributed by atoms with Crippen molar-refractivity contribution in [2.24, 2.45) is 0 Å². The average Bonchev–Trinajstić information content (AvgIpc) is 1.90. The Morgan fingerprint density at radius 1 is 1.56 bits per heavy atom. The van der Waals surface area contributed by atoms with Gasteiger partial charge in [0.25, 0.3) is 0 Å². The van der Waals surface area contributed by atoms with Crippen molar-refractivity contribution in [3.8, 4) is 6.07 Å². The SMILES string of the molecule is Bc1ccc(C#N)nc1. The van der Waals surface area contributed by atoms with E-state index in [0.717, 1.165) is 5.46 Å². The number of pyridine rings is 1. The lowest BCUT2D eigenvalue weighted by Gasteiger charge is -1.87. The zero-order valence-electron chi connectivity index (χ0n) is 5.13. The first-order chi connectivity index (χ1) is 4.33. The fourth-order valence-corrected chi connectivity index (χ4v) is 0.534. The third-order valence-corrected chi connectivity index (χ3v) is 1.03. The standard InChI is InChI=1S/C6H5BN2/c7-5-1-2-6(3-8)9-4-5/h1-2,4H,7H2. The molecule has 0 aromatic carbocycles. The quantitative estimate of drug-likeness (QED) is 0.416. The van der Waals surface area contributed by atoms with Gasteiger partial charge in [-0.3, -0.25) is 0 Å². The molecule has 0 aliphatic heterocycles. The molecule has 0 N–H and O–H groups in total. The van der Waals surface area contributed by atoms with Crippen molar-refractivity contribution in [3.05, 3.63) is 24.0 Å². The molecular formula is C6H5BN2. The van der Waals surface area contributed by atoms with E-state index in [0.29, 0.717) is 5.69 Å². The first-order valence-electron chi connectivity index (χ1n) is 2.65. The summed E-state index contributed by atoms with van der Waals surface area (Å²) in [6.07, 6.45) is 1.68. The van der Waals surface area contributed by atoms with Crippen LogP contribution >= 0.6 is 0 Å². The van der Waals surface area contributed by atoms with E-state index in [-0.39, 0.29) is 0 Å². The summed E-state index contributed by atoms with van der Waals surface area (Å²) in [6, 6.07) is 5.51. The Morgan fingerprint density at radius 3 is 2.78 bits per heavy atom. The lowest BCUT2D eigenvalue weighted by Crippen LogP contribution is -2.01. The van der Waals surface area contributed by atoms with Crippen LogP contribution in [0, 0.1) is 11.3 Å². The zero-order valence-corrected chi connectivity index (χ0v) is 5.13. The van der Waals surface area contributed by atoms with Crippen LogP contribution in [-0.4, -0.2) is 12.8 Å². The summed E-state index contributed by atoms with van der Waals surface area (Å²) in [7, 11) is 1.94. The lowest BCUT2D eigenvalue weighted by molar-refractivity contribution is 1.28. The molecule has 0 bridgehead atoms. The van der Waals surface area contributed by atoms with E-state index in [9.17, 15) is 0 Å². The number of aromatic nitrogens is 1. The van der Waals surface area contributed by atoms with Crippen molar-refractivity contribution in [2.45, 2.75) is 0 Å². The van der Waals surface area contributed by atoms with E-state index in [1.165, 1.54) is 0 Å². The summed E-state index contributed by atoms with van der Waals surface area (Å²) in [5.41, 5.74) is 1.55. The Kier molecular flexibility index (Phi) is 1.50. The first-order valence-corrected chi connectivity index (χ1v) is 2.65. The largest absolute Gasteiger partial charge is 0.246 e. The van der Waals surface area contributed by atoms with Gasteiger partial charge in [0.1, 0.15) is 19.6 Å². The van der Waals surface area contributed by atoms with Gasteiger partial charge < -0.3 is 0 Å². The minimum Gasteiger partial charge on any atom is -0.246 e. The molecule has 0 aliphatic carbocycles. The van der Waals surface area contributed by atoms with Crippen molar-refractivity contribution in [1.29, 1.82) is 5.26 Å². The van der Waals surface area contributed by atoms with Crippen LogP contribution in [0.25, 0.3) is 0 Å². The molecular weight excluding hydrogens is 111 g/mol. The van der Waals surface area contributed by atoms with E-state index in [1.54, 1.807) is 12.3 Å². The number of nitrogens with zero attached hydrogens (tertiary/aromatic N) is 2. The third-order valence-electron chi connectivity index (χ3n) is 1.03. The molecule has 0 saturated carbocycles. The molecule has 0 unspecified atom stereocenters. The van der Waals surface area contributed by atoms with Crippen LogP contribution in [0.5, 0.6) is 0 Å². The highest BCUT2D eigenvalue weighted by Gasteiger charge is 1.86. The molecule has 0 fully saturated rings. The maximum absolute atomic E-state index is 8.32. The molecule has 0 amide bonds. The fraction of sp³-hybridized carbons (Fsp3) is 0. The number of hydrogen-bond donors (Lipinski definition) is 0. The maximum Gasteiger partial charge on any atom is 0.141 e. The van der Waals surface area contributed by atoms with Gasteiger partial charge in [-0.25, -0.2) is 4.98 Å². The van der Waals surface area contributed by atoms with Gasteiger partial charge >= 0.3 is 0 Å². The van der Waals surface area contributed by atoms with E-state index in [2.05, 4.69) is 4.98 Å². The number of nitriles is 1. The molecule has 1 heterocycles. The Balaban J connectivity index is 3.06. The third kappa shape index (κ3) is 1.30. The van der Waals surface area contributed by atoms with Crippen molar-refractivity contribution in [2.75, 3.05) is 0 Å². The van der Waals surface area contributed by atoms with Gasteiger partial charge in [0.2, 0.25) is 0 Å². The molecule has 0 saturated heterocycles. The summed E-state index contributed by atoms with van der Waals surface area (Å²) in [6.45, 7) is 0. The summed E-state index contributed by atoms with van der Waals surface area (Å²) < 4.78 is 0. The van der Waals surface area contributed by atoms with Gasteiger partial charge in [-0.2, -0.15) is 5.26 Å². The van der Waals surface area contributed by atoms with E-state index in [1.807, 2.05) is 20.0 Å². The van der Waals surface area contributed by atoms with Crippen molar-refractivity contribution in [3.63, 3.8) is 0 Å². The monoisotopic (exact) mass is 116 g/mol. The summed E-state index contributed by atoms with van der Waals surface area (Å²) in [5.74, 6) is 0. The van der Waals surface area contributed by atoms with Crippen LogP contribution < -0.4 is 5.46 Å². The number of rotatable bonds is 0. The van der Waals surface area contributed by atoms with Crippen LogP contribution in [0.4, 0.5) is 0 Å². The van der Waals surface area contributed by atoms with Crippen LogP contribution in [0.3, 0.4) is 0 Å². The van der Waals surface area contributed by atoms with Crippen LogP contribution in [0.2, 0.25) is 0 Å². The summed E-state index contributed by atoms with van der Waals surface area (Å²) in [4.78, 5) is 3.84. The second-order valence-corrected chi connectivity index (χ2v) is 1.83. The summed E-state index contributed by atoms with van der Waals surface area (Å²) >= 11 is 0. The van der Waals surface area contributed by atoms with Gasteiger partial charge in [0.15, 0.2) is 0 Å². The molecule has 1 aromatic heterocycles. The Labute approximate surface area is 54.6 Å². The van der Waals surface area contributed by atoms with Crippen molar-refractivity contribution < 1.29 is 0 Å². The molecule has 0 radical (unpaired) electrons. The molecule has 3 heteroatoms. The normalized spacial score (nSPS) is 8.33. The van der Waals surface area contributed by atoms with Crippen LogP contribution in [-0.2, 0) is 0 Å². The highest BCUT2D eigenvalue weighted by molar-refractivity contribution is 6.32.